The zero-order valence-electron chi connectivity index (χ0n) is 16.2. The van der Waals surface area contributed by atoms with Gasteiger partial charge < -0.3 is 19.2 Å². The molecule has 0 unspecified atom stereocenters. The van der Waals surface area contributed by atoms with E-state index in [0.717, 1.165) is 24.4 Å². The highest BCUT2D eigenvalue weighted by molar-refractivity contribution is 5.80. The normalized spacial score (nSPS) is 17.3. The van der Waals surface area contributed by atoms with Crippen molar-refractivity contribution in [2.24, 2.45) is 0 Å². The van der Waals surface area contributed by atoms with Crippen LogP contribution >= 0.6 is 0 Å². The highest BCUT2D eigenvalue weighted by Crippen LogP contribution is 2.22. The molecule has 1 aromatic heterocycles. The third kappa shape index (κ3) is 5.11. The molecule has 0 saturated carbocycles. The number of ether oxygens (including phenoxy) is 2. The van der Waals surface area contributed by atoms with Gasteiger partial charge in [-0.05, 0) is 56.2 Å². The lowest BCUT2D eigenvalue weighted by molar-refractivity contribution is -0.127. The van der Waals surface area contributed by atoms with E-state index in [1.165, 1.54) is 5.56 Å². The highest BCUT2D eigenvalue weighted by atomic mass is 16.5. The van der Waals surface area contributed by atoms with Gasteiger partial charge in [-0.15, -0.1) is 0 Å². The second kappa shape index (κ2) is 9.06. The van der Waals surface area contributed by atoms with Gasteiger partial charge in [-0.1, -0.05) is 6.07 Å². The lowest BCUT2D eigenvalue weighted by Gasteiger charge is -2.33. The van der Waals surface area contributed by atoms with Crippen LogP contribution in [0.5, 0.6) is 5.75 Å². The third-order valence-electron chi connectivity index (χ3n) is 4.99. The molecule has 2 aromatic rings. The molecule has 1 aliphatic heterocycles. The van der Waals surface area contributed by atoms with Gasteiger partial charge in [0.15, 0.2) is 6.10 Å². The van der Waals surface area contributed by atoms with Crippen molar-refractivity contribution < 1.29 is 18.7 Å². The van der Waals surface area contributed by atoms with Crippen LogP contribution in [-0.2, 0) is 9.53 Å². The average molecular weight is 372 g/mol. The minimum atomic E-state index is -0.575. The molecule has 0 radical (unpaired) electrons. The largest absolute Gasteiger partial charge is 0.481 e. The fraction of sp³-hybridized carbons (Fsp3) is 0.476. The van der Waals surface area contributed by atoms with Gasteiger partial charge in [0.25, 0.3) is 5.91 Å². The first-order valence-corrected chi connectivity index (χ1v) is 9.41. The number of aryl methyl sites for hydroxylation is 2. The van der Waals surface area contributed by atoms with Crippen molar-refractivity contribution in [3.8, 4) is 5.75 Å². The van der Waals surface area contributed by atoms with E-state index < -0.39 is 6.10 Å². The van der Waals surface area contributed by atoms with Gasteiger partial charge in [-0.25, -0.2) is 0 Å². The maximum atomic E-state index is 12.5. The van der Waals surface area contributed by atoms with Gasteiger partial charge >= 0.3 is 0 Å². The molecular weight excluding hydrogens is 344 g/mol. The Morgan fingerprint density at radius 3 is 2.67 bits per heavy atom. The molecule has 1 N–H and O–H groups in total. The number of rotatable bonds is 7. The first-order chi connectivity index (χ1) is 13.0. The van der Waals surface area contributed by atoms with Crippen molar-refractivity contribution in [3.63, 3.8) is 0 Å². The molecule has 1 amide bonds. The number of benzene rings is 1. The minimum Gasteiger partial charge on any atom is -0.481 e. The fourth-order valence-electron chi connectivity index (χ4n) is 3.17. The van der Waals surface area contributed by atoms with E-state index in [2.05, 4.69) is 17.1 Å². The number of furan rings is 1. The highest BCUT2D eigenvalue weighted by Gasteiger charge is 2.26. The first kappa shape index (κ1) is 19.5. The predicted octanol–water partition coefficient (Wildman–Crippen LogP) is 2.85. The van der Waals surface area contributed by atoms with E-state index in [-0.39, 0.29) is 11.9 Å². The molecule has 6 nitrogen and oxygen atoms in total. The summed E-state index contributed by atoms with van der Waals surface area (Å²) in [6, 6.07) is 9.66. The summed E-state index contributed by atoms with van der Waals surface area (Å²) >= 11 is 0. The van der Waals surface area contributed by atoms with Gasteiger partial charge in [-0.3, -0.25) is 9.69 Å². The zero-order valence-corrected chi connectivity index (χ0v) is 16.2. The number of hydrogen-bond donors (Lipinski definition) is 1. The Morgan fingerprint density at radius 1 is 1.22 bits per heavy atom. The smallest absolute Gasteiger partial charge is 0.260 e. The lowest BCUT2D eigenvalue weighted by atomic mass is 10.1. The summed E-state index contributed by atoms with van der Waals surface area (Å²) in [7, 11) is 0. The van der Waals surface area contributed by atoms with E-state index in [1.807, 2.05) is 37.3 Å². The van der Waals surface area contributed by atoms with Crippen LogP contribution in [0.25, 0.3) is 0 Å². The molecule has 0 aliphatic carbocycles. The molecule has 2 atom stereocenters. The molecule has 27 heavy (non-hydrogen) atoms. The number of hydrogen-bond acceptors (Lipinski definition) is 5. The van der Waals surface area contributed by atoms with Crippen LogP contribution in [0.1, 0.15) is 29.9 Å². The summed E-state index contributed by atoms with van der Waals surface area (Å²) in [4.78, 5) is 14.8. The standard InChI is InChI=1S/C21H28N2O4/c1-15-6-7-18(13-16(15)2)27-17(3)21(24)22-14-19(20-5-4-10-26-20)23-8-11-25-12-9-23/h4-7,10,13,17,19H,8-9,11-12,14H2,1-3H3,(H,22,24)/t17-,19+/m1/s1. The topological polar surface area (TPSA) is 63.9 Å². The molecule has 1 fully saturated rings. The Bertz CT molecular complexity index is 739. The number of morpholine rings is 1. The molecule has 1 aliphatic rings. The first-order valence-electron chi connectivity index (χ1n) is 9.41. The molecular formula is C21H28N2O4. The molecule has 0 bridgehead atoms. The lowest BCUT2D eigenvalue weighted by Crippen LogP contribution is -2.45. The van der Waals surface area contributed by atoms with Gasteiger partial charge in [0, 0.05) is 19.6 Å². The van der Waals surface area contributed by atoms with Crippen LogP contribution in [0.3, 0.4) is 0 Å². The predicted molar refractivity (Wildman–Crippen MR) is 103 cm³/mol. The van der Waals surface area contributed by atoms with Crippen LogP contribution in [-0.4, -0.2) is 49.8 Å². The van der Waals surface area contributed by atoms with Crippen LogP contribution in [0, 0.1) is 13.8 Å². The van der Waals surface area contributed by atoms with E-state index in [1.54, 1.807) is 13.2 Å². The molecule has 6 heteroatoms. The number of nitrogens with zero attached hydrogens (tertiary/aromatic N) is 1. The third-order valence-corrected chi connectivity index (χ3v) is 4.99. The summed E-state index contributed by atoms with van der Waals surface area (Å²) in [5.74, 6) is 1.41. The Kier molecular flexibility index (Phi) is 6.53. The van der Waals surface area contributed by atoms with Crippen LogP contribution < -0.4 is 10.1 Å². The maximum absolute atomic E-state index is 12.5. The Hall–Kier alpha value is -2.31. The maximum Gasteiger partial charge on any atom is 0.260 e. The van der Waals surface area contributed by atoms with Crippen molar-refractivity contribution in [3.05, 3.63) is 53.5 Å². The van der Waals surface area contributed by atoms with Gasteiger partial charge in [-0.2, -0.15) is 0 Å². The van der Waals surface area contributed by atoms with Crippen LogP contribution in [0.4, 0.5) is 0 Å². The molecule has 3 rings (SSSR count). The summed E-state index contributed by atoms with van der Waals surface area (Å²) in [6.45, 7) is 9.33. The van der Waals surface area contributed by atoms with Crippen molar-refractivity contribution in [2.75, 3.05) is 32.8 Å². The Labute approximate surface area is 160 Å². The van der Waals surface area contributed by atoms with Crippen molar-refractivity contribution >= 4 is 5.91 Å². The SMILES string of the molecule is Cc1ccc(O[C@H](C)C(=O)NC[C@@H](c2ccco2)N2CCOCC2)cc1C. The quantitative estimate of drug-likeness (QED) is 0.810. The Morgan fingerprint density at radius 2 is 2.00 bits per heavy atom. The second-order valence-electron chi connectivity index (χ2n) is 6.93. The summed E-state index contributed by atoms with van der Waals surface area (Å²) < 4.78 is 16.8. The van der Waals surface area contributed by atoms with Gasteiger partial charge in [0.2, 0.25) is 0 Å². The van der Waals surface area contributed by atoms with Crippen LogP contribution in [0.15, 0.2) is 41.0 Å². The molecule has 1 aromatic carbocycles. The van der Waals surface area contributed by atoms with Crippen molar-refractivity contribution in [1.29, 1.82) is 0 Å². The number of amides is 1. The van der Waals surface area contributed by atoms with E-state index in [9.17, 15) is 4.79 Å². The van der Waals surface area contributed by atoms with Crippen molar-refractivity contribution in [1.82, 2.24) is 10.2 Å². The fourth-order valence-corrected chi connectivity index (χ4v) is 3.17. The van der Waals surface area contributed by atoms with Crippen LogP contribution in [0.2, 0.25) is 0 Å². The summed E-state index contributed by atoms with van der Waals surface area (Å²) in [5.41, 5.74) is 2.34. The Balaban J connectivity index is 1.58. The summed E-state index contributed by atoms with van der Waals surface area (Å²) in [5, 5.41) is 3.01. The van der Waals surface area contributed by atoms with E-state index in [4.69, 9.17) is 13.9 Å². The number of carbonyl (C=O) groups is 1. The number of carbonyl (C=O) groups excluding carboxylic acids is 1. The molecule has 146 valence electrons. The van der Waals surface area contributed by atoms with E-state index >= 15 is 0 Å². The average Bonchev–Trinajstić information content (AvgIpc) is 3.20. The van der Waals surface area contributed by atoms with Gasteiger partial charge in [0.1, 0.15) is 11.5 Å². The summed E-state index contributed by atoms with van der Waals surface area (Å²) in [6.07, 6.45) is 1.09. The van der Waals surface area contributed by atoms with Gasteiger partial charge in [0.05, 0.1) is 25.5 Å². The minimum absolute atomic E-state index is 0.0123. The van der Waals surface area contributed by atoms with E-state index in [0.29, 0.717) is 25.5 Å². The zero-order chi connectivity index (χ0) is 19.2. The monoisotopic (exact) mass is 372 g/mol. The molecule has 1 saturated heterocycles. The number of nitrogens with one attached hydrogen (secondary N) is 1. The van der Waals surface area contributed by atoms with Crippen molar-refractivity contribution in [2.45, 2.75) is 32.9 Å². The molecule has 0 spiro atoms. The molecule has 2 heterocycles. The second-order valence-corrected chi connectivity index (χ2v) is 6.93.